The van der Waals surface area contributed by atoms with Gasteiger partial charge in [0, 0.05) is 82.0 Å². The Labute approximate surface area is 357 Å². The van der Waals surface area contributed by atoms with Crippen LogP contribution in [0.3, 0.4) is 0 Å². The number of anilines is 4. The summed E-state index contributed by atoms with van der Waals surface area (Å²) < 4.78 is 6.60. The first-order valence-corrected chi connectivity index (χ1v) is 22.0. The van der Waals surface area contributed by atoms with E-state index in [-0.39, 0.29) is 41.2 Å². The Hall–Kier alpha value is -5.89. The number of likely N-dealkylation sites (N-methyl/N-ethyl adjacent to an activating group) is 1. The molecule has 14 nitrogen and oxygen atoms in total. The van der Waals surface area contributed by atoms with Crippen LogP contribution in [0.5, 0.6) is 11.5 Å². The first kappa shape index (κ1) is 40.5. The van der Waals surface area contributed by atoms with Gasteiger partial charge in [0.25, 0.3) is 0 Å². The van der Waals surface area contributed by atoms with Crippen molar-refractivity contribution in [3.63, 3.8) is 0 Å². The second-order valence-corrected chi connectivity index (χ2v) is 17.6. The number of likely N-dealkylation sites (tertiary alicyclic amines) is 2. The van der Waals surface area contributed by atoms with Crippen LogP contribution in [0.1, 0.15) is 69.3 Å². The Morgan fingerprint density at radius 3 is 2.44 bits per heavy atom. The second-order valence-electron chi connectivity index (χ2n) is 17.6. The Morgan fingerprint density at radius 2 is 1.69 bits per heavy atom. The zero-order valence-electron chi connectivity index (χ0n) is 35.0. The highest BCUT2D eigenvalue weighted by molar-refractivity contribution is 6.01. The molecule has 4 aliphatic heterocycles. The average molecular weight is 828 g/mol. The number of hydrogen-bond acceptors (Lipinski definition) is 12. The number of benzene rings is 3. The molecule has 3 amide bonds. The van der Waals surface area contributed by atoms with E-state index in [1.807, 2.05) is 47.2 Å². The number of phenolic OH excluding ortho intramolecular Hbond substituents is 1. The van der Waals surface area contributed by atoms with Crippen molar-refractivity contribution >= 4 is 40.6 Å². The molecular weight excluding hydrogens is 771 g/mol. The van der Waals surface area contributed by atoms with Crippen LogP contribution in [0.25, 0.3) is 11.3 Å². The summed E-state index contributed by atoms with van der Waals surface area (Å²) in [6.07, 6.45) is 7.82. The van der Waals surface area contributed by atoms with Gasteiger partial charge >= 0.3 is 0 Å². The number of phenols is 1. The highest BCUT2D eigenvalue weighted by atomic mass is 16.5. The van der Waals surface area contributed by atoms with E-state index in [4.69, 9.17) is 10.5 Å². The maximum absolute atomic E-state index is 13.5. The van der Waals surface area contributed by atoms with Gasteiger partial charge < -0.3 is 35.2 Å². The molecule has 320 valence electrons. The van der Waals surface area contributed by atoms with Crippen LogP contribution >= 0.6 is 0 Å². The van der Waals surface area contributed by atoms with Gasteiger partial charge in [-0.15, -0.1) is 10.2 Å². The molecule has 1 aromatic heterocycles. The van der Waals surface area contributed by atoms with E-state index in [1.54, 1.807) is 12.1 Å². The molecular formula is C47H57N9O5. The quantitative estimate of drug-likeness (QED) is 0.180. The van der Waals surface area contributed by atoms with Crippen molar-refractivity contribution in [2.75, 3.05) is 79.8 Å². The fourth-order valence-electron chi connectivity index (χ4n) is 10.2. The van der Waals surface area contributed by atoms with Gasteiger partial charge in [-0.05, 0) is 106 Å². The largest absolute Gasteiger partial charge is 0.507 e. The molecule has 0 unspecified atom stereocenters. The Balaban J connectivity index is 0.751. The minimum absolute atomic E-state index is 0.0237. The lowest BCUT2D eigenvalue weighted by Crippen LogP contribution is -2.66. The average Bonchev–Trinajstić information content (AvgIpc) is 3.26. The van der Waals surface area contributed by atoms with Gasteiger partial charge in [0.05, 0.1) is 23.5 Å². The Bertz CT molecular complexity index is 2250. The molecule has 1 spiro atoms. The minimum Gasteiger partial charge on any atom is -0.507 e. The van der Waals surface area contributed by atoms with E-state index < -0.39 is 0 Å². The molecule has 1 saturated carbocycles. The third kappa shape index (κ3) is 8.55. The monoisotopic (exact) mass is 827 g/mol. The molecule has 4 aromatic rings. The number of rotatable bonds is 10. The van der Waals surface area contributed by atoms with Crippen LogP contribution in [0.2, 0.25) is 0 Å². The zero-order valence-corrected chi connectivity index (χ0v) is 35.0. The number of amides is 3. The minimum atomic E-state index is -0.353. The van der Waals surface area contributed by atoms with Crippen molar-refractivity contribution in [3.05, 3.63) is 84.4 Å². The number of nitrogens with one attached hydrogen (secondary N) is 1. The number of aromatic nitrogens is 2. The predicted octanol–water partition coefficient (Wildman–Crippen LogP) is 5.17. The Morgan fingerprint density at radius 1 is 0.902 bits per heavy atom. The second kappa shape index (κ2) is 17.2. The molecule has 61 heavy (non-hydrogen) atoms. The van der Waals surface area contributed by atoms with Gasteiger partial charge in [-0.2, -0.15) is 0 Å². The number of para-hydroxylation sites is 1. The van der Waals surface area contributed by atoms with Gasteiger partial charge in [0.2, 0.25) is 17.7 Å². The fraction of sp³-hybridized carbons (Fsp3) is 0.468. The molecule has 5 aliphatic rings. The number of nitrogens with two attached hydrogens (primary N) is 1. The van der Waals surface area contributed by atoms with Crippen LogP contribution in [0, 0.1) is 0 Å². The topological polar surface area (TPSA) is 161 Å². The molecule has 5 heterocycles. The summed E-state index contributed by atoms with van der Waals surface area (Å²) in [5.74, 6) is 1.57. The normalized spacial score (nSPS) is 21.3. The summed E-state index contributed by atoms with van der Waals surface area (Å²) >= 11 is 0. The molecule has 3 aromatic carbocycles. The molecule has 1 atom stereocenters. The van der Waals surface area contributed by atoms with Gasteiger partial charge in [0.15, 0.2) is 5.82 Å². The predicted molar refractivity (Wildman–Crippen MR) is 236 cm³/mol. The van der Waals surface area contributed by atoms with E-state index in [9.17, 15) is 19.5 Å². The summed E-state index contributed by atoms with van der Waals surface area (Å²) in [6.45, 7) is 5.97. The molecule has 5 fully saturated rings. The summed E-state index contributed by atoms with van der Waals surface area (Å²) in [7, 11) is 1.92. The number of imide groups is 1. The maximum Gasteiger partial charge on any atom is 0.249 e. The highest BCUT2D eigenvalue weighted by Crippen LogP contribution is 2.45. The van der Waals surface area contributed by atoms with E-state index >= 15 is 0 Å². The summed E-state index contributed by atoms with van der Waals surface area (Å²) in [5.41, 5.74) is 11.9. The number of ether oxygens (including phenoxy) is 1. The van der Waals surface area contributed by atoms with Crippen LogP contribution in [0.15, 0.2) is 78.9 Å². The lowest BCUT2D eigenvalue weighted by molar-refractivity contribution is -0.135. The Kier molecular flexibility index (Phi) is 11.4. The zero-order chi connectivity index (χ0) is 42.1. The molecule has 0 radical (unpaired) electrons. The molecule has 4 N–H and O–H groups in total. The van der Waals surface area contributed by atoms with Crippen molar-refractivity contribution in [3.8, 4) is 22.8 Å². The standard InChI is InChI=1S/C47H57N9O5/c1-52(40-13-14-43(58)49-46(40)60)34-8-4-7-33(27-34)32-15-21-53(22-16-32)30-44(59)54-23-17-36(18-24-54)61-37-10-5-9-35(28-37)56-26-25-55(31-47(56)19-6-20-47)41-29-39(50-51-45(41)48)38-11-2-3-12-42(38)57/h2-5,7-12,27-29,32,36,40,57H,6,13-26,30-31H2,1H3,(H2,48,51)(H,49,58,60)/t40-/m0/s1. The molecule has 1 aliphatic carbocycles. The van der Waals surface area contributed by atoms with E-state index in [0.29, 0.717) is 55.5 Å². The number of carbonyl (C=O) groups is 3. The summed E-state index contributed by atoms with van der Waals surface area (Å²) in [4.78, 5) is 48.8. The maximum atomic E-state index is 13.5. The number of hydrogen-bond donors (Lipinski definition) is 3. The first-order valence-electron chi connectivity index (χ1n) is 22.0. The highest BCUT2D eigenvalue weighted by Gasteiger charge is 2.47. The molecule has 0 bridgehead atoms. The third-order valence-corrected chi connectivity index (χ3v) is 13.9. The van der Waals surface area contributed by atoms with Crippen LogP contribution in [0.4, 0.5) is 22.9 Å². The van der Waals surface area contributed by atoms with Crippen molar-refractivity contribution in [2.24, 2.45) is 0 Å². The van der Waals surface area contributed by atoms with E-state index in [1.165, 1.54) is 12.0 Å². The van der Waals surface area contributed by atoms with Crippen LogP contribution in [-0.2, 0) is 14.4 Å². The number of piperazine rings is 1. The van der Waals surface area contributed by atoms with Gasteiger partial charge in [-0.3, -0.25) is 24.6 Å². The number of aromatic hydroxyl groups is 1. The third-order valence-electron chi connectivity index (χ3n) is 13.9. The van der Waals surface area contributed by atoms with Gasteiger partial charge in [0.1, 0.15) is 23.6 Å². The molecule has 4 saturated heterocycles. The van der Waals surface area contributed by atoms with Crippen molar-refractivity contribution < 1.29 is 24.2 Å². The number of nitrogen functional groups attached to an aromatic ring is 1. The smallest absolute Gasteiger partial charge is 0.249 e. The molecule has 14 heteroatoms. The lowest BCUT2D eigenvalue weighted by atomic mass is 9.73. The van der Waals surface area contributed by atoms with Crippen LogP contribution < -0.4 is 30.5 Å². The number of nitrogens with zero attached hydrogens (tertiary/aromatic N) is 7. The van der Waals surface area contributed by atoms with Crippen molar-refractivity contribution in [2.45, 2.75) is 81.4 Å². The fourth-order valence-corrected chi connectivity index (χ4v) is 10.2. The van der Waals surface area contributed by atoms with Gasteiger partial charge in [-0.25, -0.2) is 0 Å². The first-order chi connectivity index (χ1) is 29.6. The molecule has 9 rings (SSSR count). The SMILES string of the molecule is CN(c1cccc(C2CCN(CC(=O)N3CCC(Oc4cccc(N5CCN(c6cc(-c7ccccc7O)nnc6N)CC56CCC6)c4)CC3)CC2)c1)[C@H]1CCC(=O)NC1=O. The van der Waals surface area contributed by atoms with Crippen molar-refractivity contribution in [1.82, 2.24) is 25.3 Å². The van der Waals surface area contributed by atoms with Gasteiger partial charge in [-0.1, -0.05) is 30.3 Å². The van der Waals surface area contributed by atoms with E-state index in [0.717, 1.165) is 94.1 Å². The lowest BCUT2D eigenvalue weighted by Gasteiger charge is -2.57. The van der Waals surface area contributed by atoms with Crippen LogP contribution in [-0.4, -0.2) is 120 Å². The summed E-state index contributed by atoms with van der Waals surface area (Å²) in [5, 5.41) is 21.5. The van der Waals surface area contributed by atoms with Crippen molar-refractivity contribution in [1.29, 1.82) is 0 Å². The number of piperidine rings is 3. The van der Waals surface area contributed by atoms with E-state index in [2.05, 4.69) is 66.6 Å². The summed E-state index contributed by atoms with van der Waals surface area (Å²) in [6, 6.07) is 25.7. The number of carbonyl (C=O) groups excluding carboxylic acids is 3.